The van der Waals surface area contributed by atoms with Crippen molar-refractivity contribution < 1.29 is 9.13 Å². The van der Waals surface area contributed by atoms with E-state index in [0.29, 0.717) is 0 Å². The van der Waals surface area contributed by atoms with E-state index in [1.807, 2.05) is 6.20 Å². The number of benzene rings is 6. The largest absolute Gasteiger partial charge is 0.309 e. The van der Waals surface area contributed by atoms with Crippen molar-refractivity contribution in [3.63, 3.8) is 0 Å². The molecule has 1 atom stereocenters. The molecule has 14 rings (SSSR count). The summed E-state index contributed by atoms with van der Waals surface area (Å²) in [4.78, 5) is 5.16. The van der Waals surface area contributed by atoms with E-state index >= 15 is 0 Å². The van der Waals surface area contributed by atoms with Gasteiger partial charge in [-0.25, -0.2) is 4.57 Å². The van der Waals surface area contributed by atoms with Gasteiger partial charge in [-0.05, 0) is 89.7 Å². The Bertz CT molecular complexity index is 3350. The Morgan fingerprint density at radius 2 is 1.21 bits per heavy atom. The molecule has 4 aromatic heterocycles. The SMILES string of the molecule is CC(C)[n+]1c2n(c3ccccc31)C13c4c-2cccc4C2(c4ccccc4-c4ccccc42)c2ccc4c5ncccc5n5c6ccccc6[n+]1c5c4c23. The molecule has 0 saturated carbocycles. The highest BCUT2D eigenvalue weighted by Crippen LogP contribution is 2.67. The molecule has 0 bridgehead atoms. The second kappa shape index (κ2) is 8.54. The summed E-state index contributed by atoms with van der Waals surface area (Å²) < 4.78 is 10.6. The smallest absolute Gasteiger partial charge is 0.252 e. The van der Waals surface area contributed by atoms with Gasteiger partial charge in [-0.3, -0.25) is 4.98 Å². The molecule has 0 radical (unpaired) electrons. The summed E-state index contributed by atoms with van der Waals surface area (Å²) in [7, 11) is 0. The second-order valence-electron chi connectivity index (χ2n) is 15.6. The summed E-state index contributed by atoms with van der Waals surface area (Å²) in [5.41, 5.74) is 19.3. The number of aromatic nitrogens is 5. The molecule has 0 saturated heterocycles. The first-order valence-corrected chi connectivity index (χ1v) is 18.8. The quantitative estimate of drug-likeness (QED) is 0.126. The molecule has 6 heterocycles. The normalized spacial score (nSPS) is 17.6. The monoisotopic (exact) mass is 677 g/mol. The Balaban J connectivity index is 1.35. The van der Waals surface area contributed by atoms with Gasteiger partial charge in [0.15, 0.2) is 27.6 Å². The zero-order valence-electron chi connectivity index (χ0n) is 29.2. The molecule has 53 heavy (non-hydrogen) atoms. The lowest BCUT2D eigenvalue weighted by atomic mass is 9.58. The molecule has 0 amide bonds. The van der Waals surface area contributed by atoms with Crippen molar-refractivity contribution >= 4 is 49.5 Å². The predicted molar refractivity (Wildman–Crippen MR) is 208 cm³/mol. The van der Waals surface area contributed by atoms with Gasteiger partial charge in [-0.1, -0.05) is 97.1 Å². The fourth-order valence-corrected chi connectivity index (χ4v) is 11.8. The van der Waals surface area contributed by atoms with Crippen LogP contribution in [0.2, 0.25) is 0 Å². The van der Waals surface area contributed by atoms with Gasteiger partial charge in [-0.2, -0.15) is 13.5 Å². The molecule has 6 aromatic carbocycles. The minimum atomic E-state index is -0.693. The van der Waals surface area contributed by atoms with Crippen molar-refractivity contribution in [3.05, 3.63) is 179 Å². The molecular weight excluding hydrogens is 647 g/mol. The third kappa shape index (κ3) is 2.54. The summed E-state index contributed by atoms with van der Waals surface area (Å²) in [6.45, 7) is 4.67. The average molecular weight is 678 g/mol. The van der Waals surface area contributed by atoms with Crippen LogP contribution in [0.3, 0.4) is 0 Å². The summed E-state index contributed by atoms with van der Waals surface area (Å²) in [5.74, 6) is 1.27. The molecule has 5 heteroatoms. The van der Waals surface area contributed by atoms with Crippen LogP contribution in [0, 0.1) is 0 Å². The maximum atomic E-state index is 5.16. The van der Waals surface area contributed by atoms with Gasteiger partial charge in [0, 0.05) is 11.6 Å². The molecule has 4 aliphatic rings. The van der Waals surface area contributed by atoms with Crippen LogP contribution in [0.1, 0.15) is 53.3 Å². The zero-order valence-corrected chi connectivity index (χ0v) is 29.2. The Morgan fingerprint density at radius 1 is 0.566 bits per heavy atom. The molecule has 0 N–H and O–H groups in total. The number of pyridine rings is 2. The van der Waals surface area contributed by atoms with Gasteiger partial charge in [0.25, 0.3) is 5.82 Å². The van der Waals surface area contributed by atoms with E-state index in [-0.39, 0.29) is 6.04 Å². The van der Waals surface area contributed by atoms with E-state index in [0.717, 1.165) is 11.0 Å². The Labute approximate surface area is 304 Å². The van der Waals surface area contributed by atoms with Gasteiger partial charge in [-0.15, -0.1) is 0 Å². The summed E-state index contributed by atoms with van der Waals surface area (Å²) in [5, 5.41) is 2.51. The highest BCUT2D eigenvalue weighted by Gasteiger charge is 2.71. The molecule has 2 spiro atoms. The number of fused-ring (bicyclic) bond motifs is 17. The lowest BCUT2D eigenvalue weighted by Crippen LogP contribution is -2.61. The number of para-hydroxylation sites is 4. The van der Waals surface area contributed by atoms with E-state index in [2.05, 4.69) is 171 Å². The second-order valence-corrected chi connectivity index (χ2v) is 15.6. The number of imidazole rings is 2. The van der Waals surface area contributed by atoms with Crippen molar-refractivity contribution in [2.75, 3.05) is 0 Å². The highest BCUT2D eigenvalue weighted by atomic mass is 15.4. The standard InChI is InChI=1S/C48H31N5/c1-27(2)50-36-19-7-9-21-38(36)52-45(50)31-15-11-18-34-42(31)48(52)43-35(47(34)32-16-5-3-13-28(32)29-14-4-6-17-33(29)47)25-24-30-41(43)46-51(40-23-12-26-49-44(30)40)37-20-8-10-22-39(37)53(46)48/h3-27H,1-2H3/q+2. The Hall–Kier alpha value is -6.59. The number of nitrogens with zero attached hydrogens (tertiary/aromatic N) is 5. The maximum Gasteiger partial charge on any atom is 0.309 e. The first-order chi connectivity index (χ1) is 26.2. The van der Waals surface area contributed by atoms with Crippen LogP contribution in [0.5, 0.6) is 0 Å². The average Bonchev–Trinajstić information content (AvgIpc) is 3.97. The molecule has 2 aliphatic heterocycles. The summed E-state index contributed by atoms with van der Waals surface area (Å²) in [6.07, 6.45) is 1.96. The van der Waals surface area contributed by atoms with Crippen LogP contribution in [0.25, 0.3) is 72.0 Å². The molecule has 2 aliphatic carbocycles. The zero-order chi connectivity index (χ0) is 34.5. The van der Waals surface area contributed by atoms with Crippen LogP contribution in [0.4, 0.5) is 0 Å². The number of rotatable bonds is 1. The minimum Gasteiger partial charge on any atom is -0.252 e. The topological polar surface area (TPSA) is 30.0 Å². The summed E-state index contributed by atoms with van der Waals surface area (Å²) >= 11 is 0. The van der Waals surface area contributed by atoms with Crippen molar-refractivity contribution in [3.8, 4) is 22.5 Å². The fourth-order valence-electron chi connectivity index (χ4n) is 11.8. The van der Waals surface area contributed by atoms with Gasteiger partial charge in [0.2, 0.25) is 0 Å². The molecule has 1 unspecified atom stereocenters. The van der Waals surface area contributed by atoms with Crippen molar-refractivity contribution in [2.24, 2.45) is 0 Å². The van der Waals surface area contributed by atoms with Crippen LogP contribution in [-0.4, -0.2) is 14.0 Å². The van der Waals surface area contributed by atoms with E-state index in [1.54, 1.807) is 0 Å². The Kier molecular flexibility index (Phi) is 4.37. The summed E-state index contributed by atoms with van der Waals surface area (Å²) in [6, 6.07) is 53.1. The molecule has 0 fully saturated rings. The highest BCUT2D eigenvalue weighted by molar-refractivity contribution is 6.15. The third-order valence-corrected chi connectivity index (χ3v) is 13.2. The van der Waals surface area contributed by atoms with Gasteiger partial charge in [0.05, 0.1) is 33.5 Å². The van der Waals surface area contributed by atoms with Gasteiger partial charge >= 0.3 is 11.3 Å². The predicted octanol–water partition coefficient (Wildman–Crippen LogP) is 9.17. The third-order valence-electron chi connectivity index (χ3n) is 13.2. The molecule has 10 aromatic rings. The molecule has 246 valence electrons. The van der Waals surface area contributed by atoms with Crippen LogP contribution in [0.15, 0.2) is 146 Å². The van der Waals surface area contributed by atoms with E-state index in [9.17, 15) is 0 Å². The van der Waals surface area contributed by atoms with E-state index in [1.165, 1.54) is 94.4 Å². The number of hydrogen-bond acceptors (Lipinski definition) is 1. The lowest BCUT2D eigenvalue weighted by molar-refractivity contribution is -0.704. The van der Waals surface area contributed by atoms with Crippen LogP contribution < -0.4 is 9.13 Å². The van der Waals surface area contributed by atoms with E-state index < -0.39 is 11.1 Å². The first-order valence-electron chi connectivity index (χ1n) is 18.8. The maximum absolute atomic E-state index is 5.16. The van der Waals surface area contributed by atoms with Crippen molar-refractivity contribution in [2.45, 2.75) is 31.0 Å². The van der Waals surface area contributed by atoms with Crippen molar-refractivity contribution in [1.82, 2.24) is 14.0 Å². The van der Waals surface area contributed by atoms with E-state index in [4.69, 9.17) is 4.98 Å². The Morgan fingerprint density at radius 3 is 2.00 bits per heavy atom. The minimum absolute atomic E-state index is 0.243. The first kappa shape index (κ1) is 27.1. The number of hydrogen-bond donors (Lipinski definition) is 0. The molecule has 5 nitrogen and oxygen atoms in total. The van der Waals surface area contributed by atoms with Crippen LogP contribution >= 0.6 is 0 Å². The fraction of sp³-hybridized carbons (Fsp3) is 0.104. The van der Waals surface area contributed by atoms with Crippen molar-refractivity contribution in [1.29, 1.82) is 0 Å². The van der Waals surface area contributed by atoms with Gasteiger partial charge in [0.1, 0.15) is 5.52 Å². The molecular formula is C48H31N5+2. The van der Waals surface area contributed by atoms with Gasteiger partial charge < -0.3 is 0 Å². The van der Waals surface area contributed by atoms with Crippen LogP contribution in [-0.2, 0) is 11.1 Å². The lowest BCUT2D eigenvalue weighted by Gasteiger charge is -2.43.